The molecule has 1 rings (SSSR count). The van der Waals surface area contributed by atoms with Crippen molar-refractivity contribution in [1.29, 1.82) is 0 Å². The summed E-state index contributed by atoms with van der Waals surface area (Å²) >= 11 is 1.78. The van der Waals surface area contributed by atoms with E-state index >= 15 is 0 Å². The van der Waals surface area contributed by atoms with E-state index in [-0.39, 0.29) is 5.82 Å². The first-order valence-electron chi connectivity index (χ1n) is 2.93. The van der Waals surface area contributed by atoms with Crippen molar-refractivity contribution < 1.29 is 4.39 Å². The van der Waals surface area contributed by atoms with Crippen molar-refractivity contribution in [2.24, 2.45) is 0 Å². The van der Waals surface area contributed by atoms with Gasteiger partial charge in [0.15, 0.2) is 0 Å². The molecule has 9 heavy (non-hydrogen) atoms. The van der Waals surface area contributed by atoms with Gasteiger partial charge in [-0.05, 0) is 0 Å². The van der Waals surface area contributed by atoms with E-state index in [2.05, 4.69) is 0 Å². The second-order valence-electron chi connectivity index (χ2n) is 2.18. The molecule has 1 aromatic rings. The first kappa shape index (κ1) is 6.86. The molecule has 0 atom stereocenters. The normalized spacial score (nSPS) is 9.78. The number of hydrogen-bond donors (Lipinski definition) is 0. The Kier molecular flexibility index (Phi) is 1.95. The molecule has 0 aromatic heterocycles. The van der Waals surface area contributed by atoms with E-state index in [0.29, 0.717) is 0 Å². The van der Waals surface area contributed by atoms with Gasteiger partial charge in [0.2, 0.25) is 0 Å². The van der Waals surface area contributed by atoms with Crippen molar-refractivity contribution in [3.63, 3.8) is 0 Å². The molecule has 0 aliphatic heterocycles. The summed E-state index contributed by atoms with van der Waals surface area (Å²) in [6.45, 7) is 1.90. The van der Waals surface area contributed by atoms with Gasteiger partial charge < -0.3 is 0 Å². The SMILES string of the molecule is [Li][c]1c(C)cccc1F. The molecule has 0 N–H and O–H groups in total. The van der Waals surface area contributed by atoms with Crippen LogP contribution in [-0.2, 0) is 0 Å². The van der Waals surface area contributed by atoms with Gasteiger partial charge in [-0.1, -0.05) is 0 Å². The summed E-state index contributed by atoms with van der Waals surface area (Å²) in [5.41, 5.74) is 1.01. The summed E-state index contributed by atoms with van der Waals surface area (Å²) in [7, 11) is 0. The third-order valence-corrected chi connectivity index (χ3v) is 1.54. The number of benzene rings is 1. The van der Waals surface area contributed by atoms with Crippen molar-refractivity contribution >= 4 is 22.0 Å². The summed E-state index contributed by atoms with van der Waals surface area (Å²) < 4.78 is 13.3. The minimum absolute atomic E-state index is 0.116. The van der Waals surface area contributed by atoms with Crippen molar-refractivity contribution in [1.82, 2.24) is 0 Å². The Balaban J connectivity index is 3.25. The monoisotopic (exact) mass is 116 g/mol. The molecule has 0 fully saturated rings. The third-order valence-electron chi connectivity index (χ3n) is 1.54. The molecule has 2 heteroatoms. The van der Waals surface area contributed by atoms with Gasteiger partial charge in [-0.25, -0.2) is 0 Å². The molecule has 42 valence electrons. The molecule has 0 nitrogen and oxygen atoms in total. The first-order valence-corrected chi connectivity index (χ1v) is 2.93. The zero-order valence-corrected chi connectivity index (χ0v) is 5.61. The van der Waals surface area contributed by atoms with Crippen molar-refractivity contribution in [3.05, 3.63) is 29.6 Å². The van der Waals surface area contributed by atoms with E-state index in [1.165, 1.54) is 6.07 Å². The van der Waals surface area contributed by atoms with E-state index in [1.54, 1.807) is 23.8 Å². The van der Waals surface area contributed by atoms with Gasteiger partial charge in [0.1, 0.15) is 0 Å². The Morgan fingerprint density at radius 3 is 2.56 bits per heavy atom. The Hall–Kier alpha value is -0.253. The van der Waals surface area contributed by atoms with Gasteiger partial charge in [-0.15, -0.1) is 0 Å². The molecule has 0 saturated heterocycles. The maximum atomic E-state index is 12.6. The Bertz CT molecular complexity index is 200. The van der Waals surface area contributed by atoms with Crippen LogP contribution in [-0.4, -0.2) is 17.7 Å². The topological polar surface area (TPSA) is 0 Å². The molecule has 0 aliphatic carbocycles. The summed E-state index contributed by atoms with van der Waals surface area (Å²) in [4.78, 5) is 0. The first-order chi connectivity index (χ1) is 4.22. The van der Waals surface area contributed by atoms with Crippen LogP contribution in [0.4, 0.5) is 4.39 Å². The zero-order valence-electron chi connectivity index (χ0n) is 5.61. The number of rotatable bonds is 0. The summed E-state index contributed by atoms with van der Waals surface area (Å²) in [5, 5.41) is 0. The molecule has 0 amide bonds. The number of aryl methyl sites for hydroxylation is 1. The van der Waals surface area contributed by atoms with E-state index in [0.717, 1.165) is 9.80 Å². The quantitative estimate of drug-likeness (QED) is 0.442. The van der Waals surface area contributed by atoms with Crippen molar-refractivity contribution in [3.8, 4) is 0 Å². The predicted octanol–water partition coefficient (Wildman–Crippen LogP) is 0.928. The zero-order chi connectivity index (χ0) is 6.85. The van der Waals surface area contributed by atoms with E-state index in [9.17, 15) is 4.39 Å². The van der Waals surface area contributed by atoms with Crippen LogP contribution in [0.3, 0.4) is 0 Å². The van der Waals surface area contributed by atoms with Crippen LogP contribution in [0.1, 0.15) is 5.56 Å². The minimum atomic E-state index is -0.116. The van der Waals surface area contributed by atoms with E-state index in [1.807, 2.05) is 13.0 Å². The summed E-state index contributed by atoms with van der Waals surface area (Å²) in [6.07, 6.45) is 0. The van der Waals surface area contributed by atoms with Gasteiger partial charge in [0, 0.05) is 0 Å². The van der Waals surface area contributed by atoms with Crippen LogP contribution in [0.5, 0.6) is 0 Å². The van der Waals surface area contributed by atoms with Crippen molar-refractivity contribution in [2.75, 3.05) is 0 Å². The van der Waals surface area contributed by atoms with Gasteiger partial charge >= 0.3 is 62.8 Å². The van der Waals surface area contributed by atoms with Gasteiger partial charge in [0.25, 0.3) is 0 Å². The second-order valence-corrected chi connectivity index (χ2v) is 2.18. The Morgan fingerprint density at radius 2 is 2.11 bits per heavy atom. The molecule has 1 aromatic carbocycles. The molecule has 0 unspecified atom stereocenters. The predicted molar refractivity (Wildman–Crippen MR) is 36.5 cm³/mol. The fourth-order valence-corrected chi connectivity index (χ4v) is 0.715. The fraction of sp³-hybridized carbons (Fsp3) is 0.143. The average molecular weight is 116 g/mol. The average Bonchev–Trinajstić information content (AvgIpc) is 1.83. The third kappa shape index (κ3) is 1.35. The second kappa shape index (κ2) is 2.56. The standard InChI is InChI=1S/C7H6F.Li/c1-6-3-2-4-7(8)5-6;/h2-4H,1H3;. The number of hydrogen-bond acceptors (Lipinski definition) is 0. The van der Waals surface area contributed by atoms with Crippen LogP contribution >= 0.6 is 0 Å². The van der Waals surface area contributed by atoms with Crippen LogP contribution in [0, 0.1) is 12.7 Å². The van der Waals surface area contributed by atoms with E-state index in [4.69, 9.17) is 0 Å². The van der Waals surface area contributed by atoms with Gasteiger partial charge in [0.05, 0.1) is 0 Å². The molecule has 0 saturated carbocycles. The van der Waals surface area contributed by atoms with E-state index < -0.39 is 0 Å². The molecule has 0 bridgehead atoms. The molecular weight excluding hydrogens is 110 g/mol. The van der Waals surface area contributed by atoms with Gasteiger partial charge in [-0.2, -0.15) is 0 Å². The Morgan fingerprint density at radius 1 is 1.44 bits per heavy atom. The van der Waals surface area contributed by atoms with Crippen LogP contribution in [0.15, 0.2) is 18.2 Å². The van der Waals surface area contributed by atoms with Gasteiger partial charge in [-0.3, -0.25) is 0 Å². The Labute approximate surface area is 63.3 Å². The van der Waals surface area contributed by atoms with Crippen LogP contribution in [0.25, 0.3) is 0 Å². The molecule has 0 spiro atoms. The summed E-state index contributed by atoms with van der Waals surface area (Å²) in [5.74, 6) is -0.116. The molecular formula is C7H6FLi. The maximum absolute atomic E-state index is 12.6. The fourth-order valence-electron chi connectivity index (χ4n) is 0.715. The van der Waals surface area contributed by atoms with Crippen molar-refractivity contribution in [2.45, 2.75) is 6.92 Å². The summed E-state index contributed by atoms with van der Waals surface area (Å²) in [6, 6.07) is 5.10. The molecule has 0 radical (unpaired) electrons. The molecule has 0 aliphatic rings. The van der Waals surface area contributed by atoms with Crippen LogP contribution in [0.2, 0.25) is 0 Å². The molecule has 0 heterocycles. The number of halogens is 1. The van der Waals surface area contributed by atoms with Crippen LogP contribution < -0.4 is 4.24 Å².